The van der Waals surface area contributed by atoms with Crippen molar-refractivity contribution in [1.82, 2.24) is 20.0 Å². The number of nitriles is 3. The lowest BCUT2D eigenvalue weighted by Crippen LogP contribution is -2.59. The van der Waals surface area contributed by atoms with E-state index in [4.69, 9.17) is 0 Å². The van der Waals surface area contributed by atoms with Gasteiger partial charge in [-0.2, -0.15) is 15.8 Å². The van der Waals surface area contributed by atoms with E-state index in [1.807, 2.05) is 29.9 Å². The Kier molecular flexibility index (Phi) is 6.16. The van der Waals surface area contributed by atoms with E-state index in [1.165, 1.54) is 0 Å². The number of rotatable bonds is 7. The first-order valence-electron chi connectivity index (χ1n) is 13.8. The maximum absolute atomic E-state index is 9.96. The first kappa shape index (κ1) is 26.3. The van der Waals surface area contributed by atoms with Crippen molar-refractivity contribution < 1.29 is 0 Å². The molecule has 2 N–H and O–H groups in total. The fourth-order valence-corrected chi connectivity index (χ4v) is 6.01. The molecule has 41 heavy (non-hydrogen) atoms. The molecule has 0 saturated heterocycles. The molecule has 3 fully saturated rings. The molecule has 3 saturated carbocycles. The van der Waals surface area contributed by atoms with Gasteiger partial charge in [-0.1, -0.05) is 38.1 Å². The molecule has 0 aliphatic heterocycles. The topological polar surface area (TPSA) is 139 Å². The normalized spacial score (nSPS) is 19.7. The number of pyridine rings is 1. The predicted octanol–water partition coefficient (Wildman–Crippen LogP) is 5.92. The Bertz CT molecular complexity index is 1790. The summed E-state index contributed by atoms with van der Waals surface area (Å²) in [5.74, 6) is 0.802. The van der Waals surface area contributed by atoms with Gasteiger partial charge < -0.3 is 10.6 Å². The third-order valence-electron chi connectivity index (χ3n) is 8.42. The van der Waals surface area contributed by atoms with E-state index in [0.29, 0.717) is 45.5 Å². The summed E-state index contributed by atoms with van der Waals surface area (Å²) in [5.41, 5.74) is 5.88. The van der Waals surface area contributed by atoms with Crippen molar-refractivity contribution >= 4 is 22.3 Å². The van der Waals surface area contributed by atoms with E-state index in [1.54, 1.807) is 24.4 Å². The second kappa shape index (κ2) is 9.61. The number of fused-ring (bicyclic) bond motifs is 1. The Labute approximate surface area is 239 Å². The lowest BCUT2D eigenvalue weighted by atomic mass is 9.50. The third kappa shape index (κ3) is 4.52. The third-order valence-corrected chi connectivity index (χ3v) is 8.42. The molecule has 0 radical (unpaired) electrons. The summed E-state index contributed by atoms with van der Waals surface area (Å²) in [4.78, 5) is 4.67. The minimum Gasteiger partial charge on any atom is -0.383 e. The van der Waals surface area contributed by atoms with Gasteiger partial charge in [-0.25, -0.2) is 4.68 Å². The lowest BCUT2D eigenvalue weighted by Gasteiger charge is -2.61. The zero-order valence-electron chi connectivity index (χ0n) is 23.7. The van der Waals surface area contributed by atoms with Crippen LogP contribution in [0, 0.1) is 52.2 Å². The Balaban J connectivity index is 1.49. The van der Waals surface area contributed by atoms with E-state index in [-0.39, 0.29) is 11.0 Å². The Morgan fingerprint density at radius 2 is 1.83 bits per heavy atom. The van der Waals surface area contributed by atoms with E-state index in [2.05, 4.69) is 64.9 Å². The molecule has 3 aliphatic carbocycles. The van der Waals surface area contributed by atoms with E-state index in [9.17, 15) is 15.8 Å². The summed E-state index contributed by atoms with van der Waals surface area (Å²) < 4.78 is 2.01. The number of nitrogens with one attached hydrogen (secondary N) is 2. The first-order chi connectivity index (χ1) is 19.6. The van der Waals surface area contributed by atoms with Crippen LogP contribution in [0.25, 0.3) is 10.9 Å². The van der Waals surface area contributed by atoms with Gasteiger partial charge in [-0.05, 0) is 66.8 Å². The fraction of sp³-hybridized carbons (Fsp3) is 0.375. The quantitative estimate of drug-likeness (QED) is 0.294. The van der Waals surface area contributed by atoms with Gasteiger partial charge in [-0.15, -0.1) is 5.10 Å². The second-order valence-corrected chi connectivity index (χ2v) is 12.6. The molecule has 0 unspecified atom stereocenters. The summed E-state index contributed by atoms with van der Waals surface area (Å²) in [6.07, 6.45) is 7.00. The van der Waals surface area contributed by atoms with Crippen LogP contribution in [-0.4, -0.2) is 26.5 Å². The predicted molar refractivity (Wildman–Crippen MR) is 156 cm³/mol. The van der Waals surface area contributed by atoms with Gasteiger partial charge in [0.2, 0.25) is 0 Å². The van der Waals surface area contributed by atoms with Crippen LogP contribution < -0.4 is 10.6 Å². The van der Waals surface area contributed by atoms with Crippen LogP contribution >= 0.6 is 0 Å². The minimum absolute atomic E-state index is 0.0309. The number of anilines is 2. The highest BCUT2D eigenvalue weighted by Gasteiger charge is 2.59. The smallest absolute Gasteiger partial charge is 0.110 e. The molecule has 2 heterocycles. The molecule has 3 aliphatic rings. The molecule has 1 atom stereocenters. The van der Waals surface area contributed by atoms with E-state index in [0.717, 1.165) is 42.0 Å². The second-order valence-electron chi connectivity index (χ2n) is 12.6. The molecular weight excluding hydrogens is 510 g/mol. The molecule has 0 amide bonds. The zero-order chi connectivity index (χ0) is 28.9. The first-order valence-corrected chi connectivity index (χ1v) is 13.8. The molecule has 2 bridgehead atoms. The monoisotopic (exact) mass is 541 g/mol. The van der Waals surface area contributed by atoms with Crippen molar-refractivity contribution in [3.05, 3.63) is 76.2 Å². The number of nitrogens with zero attached hydrogens (tertiary/aromatic N) is 7. The van der Waals surface area contributed by atoms with Gasteiger partial charge in [0.05, 0.1) is 63.5 Å². The van der Waals surface area contributed by atoms with Crippen molar-refractivity contribution in [3.63, 3.8) is 0 Å². The molecule has 2 aromatic carbocycles. The average Bonchev–Trinajstić information content (AvgIpc) is 3.37. The standard InChI is InChI=1S/C32H31N9/c1-19-22(14-34)6-5-7-24(19)30(27-17-41(40-39-27)32-10-21(11-32)12-32)38-26-9-20(13-33)8-25-28(37-18-31(2,3)4)23(15-35)16-36-29(25)26/h5-9,16-17,21,30,38H,10-12,18H2,1-4H3,(H,36,37)/t21?,30-,32?/m0/s1. The van der Waals surface area contributed by atoms with Gasteiger partial charge in [-0.3, -0.25) is 4.98 Å². The maximum atomic E-state index is 9.96. The zero-order valence-corrected chi connectivity index (χ0v) is 23.7. The number of hydrogen-bond acceptors (Lipinski definition) is 8. The van der Waals surface area contributed by atoms with Crippen molar-refractivity contribution in [1.29, 1.82) is 15.8 Å². The highest BCUT2D eigenvalue weighted by atomic mass is 15.5. The van der Waals surface area contributed by atoms with Crippen LogP contribution in [0.2, 0.25) is 0 Å². The molecule has 9 nitrogen and oxygen atoms in total. The lowest BCUT2D eigenvalue weighted by molar-refractivity contribution is -0.0989. The van der Waals surface area contributed by atoms with Crippen LogP contribution in [0.15, 0.2) is 42.7 Å². The van der Waals surface area contributed by atoms with E-state index < -0.39 is 6.04 Å². The van der Waals surface area contributed by atoms with Crippen LogP contribution in [0.3, 0.4) is 0 Å². The Hall–Kier alpha value is -4.94. The highest BCUT2D eigenvalue weighted by molar-refractivity contribution is 6.01. The van der Waals surface area contributed by atoms with E-state index >= 15 is 0 Å². The van der Waals surface area contributed by atoms with Crippen LogP contribution in [0.4, 0.5) is 11.4 Å². The Morgan fingerprint density at radius 3 is 2.46 bits per heavy atom. The summed E-state index contributed by atoms with van der Waals surface area (Å²) in [5, 5.41) is 46.5. The minimum atomic E-state index is -0.454. The summed E-state index contributed by atoms with van der Waals surface area (Å²) >= 11 is 0. The molecule has 7 rings (SSSR count). The molecule has 9 heteroatoms. The van der Waals surface area contributed by atoms with Gasteiger partial charge in [0, 0.05) is 18.1 Å². The maximum Gasteiger partial charge on any atom is 0.110 e. The van der Waals surface area contributed by atoms with Gasteiger partial charge in [0.1, 0.15) is 11.8 Å². The van der Waals surface area contributed by atoms with Crippen molar-refractivity contribution in [2.45, 2.75) is 58.5 Å². The number of aromatic nitrogens is 4. The van der Waals surface area contributed by atoms with Gasteiger partial charge in [0.25, 0.3) is 0 Å². The Morgan fingerprint density at radius 1 is 1.07 bits per heavy atom. The molecule has 204 valence electrons. The van der Waals surface area contributed by atoms with Crippen molar-refractivity contribution in [3.8, 4) is 18.2 Å². The van der Waals surface area contributed by atoms with Crippen LogP contribution in [-0.2, 0) is 5.54 Å². The van der Waals surface area contributed by atoms with Gasteiger partial charge >= 0.3 is 0 Å². The summed E-state index contributed by atoms with van der Waals surface area (Å²) in [6.45, 7) is 8.92. The SMILES string of the molecule is Cc1c(C#N)cccc1[C@H](Nc1cc(C#N)cc2c(NCC(C)(C)C)c(C#N)cnc12)c1cn(C23CC(C2)C3)nn1. The molecule has 2 aromatic heterocycles. The molecular formula is C32H31N9. The highest BCUT2D eigenvalue weighted by Crippen LogP contribution is 2.62. The van der Waals surface area contributed by atoms with Crippen LogP contribution in [0.1, 0.15) is 79.6 Å². The van der Waals surface area contributed by atoms with Crippen molar-refractivity contribution in [2.24, 2.45) is 11.3 Å². The summed E-state index contributed by atoms with van der Waals surface area (Å²) in [6, 6.07) is 15.6. The van der Waals surface area contributed by atoms with Gasteiger partial charge in [0.15, 0.2) is 0 Å². The number of hydrogen-bond donors (Lipinski definition) is 2. The summed E-state index contributed by atoms with van der Waals surface area (Å²) in [7, 11) is 0. The van der Waals surface area contributed by atoms with Crippen molar-refractivity contribution in [2.75, 3.05) is 17.2 Å². The molecule has 4 aromatic rings. The average molecular weight is 542 g/mol. The molecule has 0 spiro atoms. The fourth-order valence-electron chi connectivity index (χ4n) is 6.01. The van der Waals surface area contributed by atoms with Crippen LogP contribution in [0.5, 0.6) is 0 Å². The largest absolute Gasteiger partial charge is 0.383 e. The number of benzene rings is 2.